The van der Waals surface area contributed by atoms with Crippen LogP contribution in [-0.2, 0) is 13.1 Å². The highest BCUT2D eigenvalue weighted by molar-refractivity contribution is 7.11. The van der Waals surface area contributed by atoms with E-state index in [2.05, 4.69) is 27.2 Å². The molecule has 0 spiro atoms. The van der Waals surface area contributed by atoms with E-state index in [1.54, 1.807) is 0 Å². The van der Waals surface area contributed by atoms with Gasteiger partial charge in [-0.05, 0) is 32.0 Å². The highest BCUT2D eigenvalue weighted by Gasteiger charge is 2.26. The Bertz CT molecular complexity index is 404. The lowest BCUT2D eigenvalue weighted by atomic mass is 10.2. The fourth-order valence-corrected chi connectivity index (χ4v) is 4.63. The molecule has 0 bridgehead atoms. The van der Waals surface area contributed by atoms with E-state index in [-0.39, 0.29) is 0 Å². The summed E-state index contributed by atoms with van der Waals surface area (Å²) >= 11 is 1.96. The smallest absolute Gasteiger partial charge is 0.0329 e. The molecule has 2 aliphatic rings. The molecule has 1 N–H and O–H groups in total. The molecule has 20 heavy (non-hydrogen) atoms. The normalized spacial score (nSPS) is 22.6. The number of piperazine rings is 1. The molecule has 1 aromatic heterocycles. The Morgan fingerprint density at radius 3 is 2.50 bits per heavy atom. The molecule has 2 heterocycles. The van der Waals surface area contributed by atoms with Crippen molar-refractivity contribution in [1.82, 2.24) is 15.1 Å². The van der Waals surface area contributed by atoms with Gasteiger partial charge in [-0.25, -0.2) is 0 Å². The lowest BCUT2D eigenvalue weighted by Crippen LogP contribution is -2.49. The SMILES string of the molecule is CNCc1ccc(CN2CCN(C3CCCC3)CC2)s1. The average molecular weight is 293 g/mol. The van der Waals surface area contributed by atoms with Gasteiger partial charge < -0.3 is 5.32 Å². The monoisotopic (exact) mass is 293 g/mol. The van der Waals surface area contributed by atoms with Gasteiger partial charge in [0.05, 0.1) is 0 Å². The van der Waals surface area contributed by atoms with Gasteiger partial charge in [0.1, 0.15) is 0 Å². The topological polar surface area (TPSA) is 18.5 Å². The van der Waals surface area contributed by atoms with Crippen molar-refractivity contribution in [1.29, 1.82) is 0 Å². The molecule has 0 amide bonds. The fraction of sp³-hybridized carbons (Fsp3) is 0.750. The standard InChI is InChI=1S/C16H27N3S/c1-17-12-15-6-7-16(20-15)13-18-8-10-19(11-9-18)14-4-2-3-5-14/h6-7,14,17H,2-5,8-13H2,1H3. The van der Waals surface area contributed by atoms with Crippen LogP contribution in [0.5, 0.6) is 0 Å². The van der Waals surface area contributed by atoms with Gasteiger partial charge in [0.25, 0.3) is 0 Å². The van der Waals surface area contributed by atoms with Crippen molar-refractivity contribution in [2.24, 2.45) is 0 Å². The number of hydrogen-bond donors (Lipinski definition) is 1. The maximum atomic E-state index is 3.23. The lowest BCUT2D eigenvalue weighted by Gasteiger charge is -2.37. The average Bonchev–Trinajstić information content (AvgIpc) is 3.12. The molecule has 1 saturated carbocycles. The van der Waals surface area contributed by atoms with E-state index in [9.17, 15) is 0 Å². The van der Waals surface area contributed by atoms with Crippen LogP contribution in [0.15, 0.2) is 12.1 Å². The molecule has 1 aliphatic carbocycles. The van der Waals surface area contributed by atoms with Crippen LogP contribution < -0.4 is 5.32 Å². The summed E-state index contributed by atoms with van der Waals surface area (Å²) in [6, 6.07) is 5.48. The van der Waals surface area contributed by atoms with Gasteiger partial charge in [-0.15, -0.1) is 11.3 Å². The number of nitrogens with zero attached hydrogens (tertiary/aromatic N) is 2. The van der Waals surface area contributed by atoms with E-state index in [1.807, 2.05) is 18.4 Å². The first-order chi connectivity index (χ1) is 9.85. The molecule has 0 radical (unpaired) electrons. The second-order valence-corrected chi connectivity index (χ2v) is 7.40. The third-order valence-corrected chi connectivity index (χ3v) is 5.77. The number of thiophene rings is 1. The van der Waals surface area contributed by atoms with Crippen LogP contribution in [0.4, 0.5) is 0 Å². The molecule has 0 aromatic carbocycles. The van der Waals surface area contributed by atoms with Crippen LogP contribution in [0.25, 0.3) is 0 Å². The maximum absolute atomic E-state index is 3.23. The zero-order valence-electron chi connectivity index (χ0n) is 12.6. The Labute approximate surface area is 127 Å². The van der Waals surface area contributed by atoms with Gasteiger partial charge in [0.2, 0.25) is 0 Å². The van der Waals surface area contributed by atoms with Gasteiger partial charge in [-0.2, -0.15) is 0 Å². The summed E-state index contributed by atoms with van der Waals surface area (Å²) in [5.41, 5.74) is 0. The first-order valence-electron chi connectivity index (χ1n) is 8.04. The quantitative estimate of drug-likeness (QED) is 0.900. The molecule has 1 aliphatic heterocycles. The van der Waals surface area contributed by atoms with Crippen molar-refractivity contribution in [2.45, 2.75) is 44.8 Å². The maximum Gasteiger partial charge on any atom is 0.0329 e. The Kier molecular flexibility index (Phi) is 5.10. The minimum absolute atomic E-state index is 0.904. The van der Waals surface area contributed by atoms with Crippen LogP contribution in [0.2, 0.25) is 0 Å². The van der Waals surface area contributed by atoms with Gasteiger partial charge >= 0.3 is 0 Å². The molecular formula is C16H27N3S. The Morgan fingerprint density at radius 2 is 1.80 bits per heavy atom. The van der Waals surface area contributed by atoms with Crippen molar-refractivity contribution in [3.63, 3.8) is 0 Å². The minimum Gasteiger partial charge on any atom is -0.315 e. The van der Waals surface area contributed by atoms with Crippen molar-refractivity contribution in [2.75, 3.05) is 33.2 Å². The second kappa shape index (κ2) is 7.03. The summed E-state index contributed by atoms with van der Waals surface area (Å²) in [4.78, 5) is 8.33. The van der Waals surface area contributed by atoms with Gasteiger partial charge in [0.15, 0.2) is 0 Å². The van der Waals surface area contributed by atoms with Crippen LogP contribution in [0.3, 0.4) is 0 Å². The van der Waals surface area contributed by atoms with Gasteiger partial charge in [0, 0.05) is 55.1 Å². The predicted octanol–water partition coefficient (Wildman–Crippen LogP) is 2.53. The zero-order chi connectivity index (χ0) is 13.8. The summed E-state index contributed by atoms with van der Waals surface area (Å²) in [6.45, 7) is 7.19. The molecule has 3 rings (SSSR count). The van der Waals surface area contributed by atoms with Crippen molar-refractivity contribution in [3.05, 3.63) is 21.9 Å². The van der Waals surface area contributed by atoms with E-state index in [1.165, 1.54) is 61.6 Å². The molecule has 1 aromatic rings. The fourth-order valence-electron chi connectivity index (χ4n) is 3.55. The number of rotatable bonds is 5. The van der Waals surface area contributed by atoms with Crippen molar-refractivity contribution in [3.8, 4) is 0 Å². The third kappa shape index (κ3) is 3.61. The third-order valence-electron chi connectivity index (χ3n) is 4.70. The highest BCUT2D eigenvalue weighted by Crippen LogP contribution is 2.25. The van der Waals surface area contributed by atoms with Crippen LogP contribution in [0.1, 0.15) is 35.4 Å². The van der Waals surface area contributed by atoms with E-state index < -0.39 is 0 Å². The number of hydrogen-bond acceptors (Lipinski definition) is 4. The van der Waals surface area contributed by atoms with Crippen LogP contribution in [-0.4, -0.2) is 49.1 Å². The molecule has 2 fully saturated rings. The van der Waals surface area contributed by atoms with Gasteiger partial charge in [-0.1, -0.05) is 12.8 Å². The van der Waals surface area contributed by atoms with E-state index in [4.69, 9.17) is 0 Å². The van der Waals surface area contributed by atoms with E-state index >= 15 is 0 Å². The van der Waals surface area contributed by atoms with Crippen molar-refractivity contribution < 1.29 is 0 Å². The highest BCUT2D eigenvalue weighted by atomic mass is 32.1. The van der Waals surface area contributed by atoms with Gasteiger partial charge in [-0.3, -0.25) is 9.80 Å². The Hall–Kier alpha value is -0.420. The van der Waals surface area contributed by atoms with Crippen LogP contribution >= 0.6 is 11.3 Å². The summed E-state index contributed by atoms with van der Waals surface area (Å²) in [6.07, 6.45) is 5.79. The molecule has 1 saturated heterocycles. The summed E-state index contributed by atoms with van der Waals surface area (Å²) < 4.78 is 0. The Balaban J connectivity index is 1.45. The van der Waals surface area contributed by atoms with Crippen LogP contribution in [0, 0.1) is 0 Å². The summed E-state index contributed by atoms with van der Waals surface area (Å²) in [7, 11) is 2.02. The molecule has 0 atom stereocenters. The van der Waals surface area contributed by atoms with Crippen molar-refractivity contribution >= 4 is 11.3 Å². The second-order valence-electron chi connectivity index (χ2n) is 6.15. The number of nitrogens with one attached hydrogen (secondary N) is 1. The minimum atomic E-state index is 0.904. The first-order valence-corrected chi connectivity index (χ1v) is 8.85. The largest absolute Gasteiger partial charge is 0.315 e. The van der Waals surface area contributed by atoms with E-state index in [0.717, 1.165) is 19.1 Å². The molecule has 4 heteroatoms. The first kappa shape index (κ1) is 14.5. The summed E-state index contributed by atoms with van der Waals surface area (Å²) in [5.74, 6) is 0. The molecule has 112 valence electrons. The lowest BCUT2D eigenvalue weighted by molar-refractivity contribution is 0.0943. The van der Waals surface area contributed by atoms with E-state index in [0.29, 0.717) is 0 Å². The molecular weight excluding hydrogens is 266 g/mol. The predicted molar refractivity (Wildman–Crippen MR) is 86.2 cm³/mol. The molecule has 3 nitrogen and oxygen atoms in total. The molecule has 0 unspecified atom stereocenters. The zero-order valence-corrected chi connectivity index (χ0v) is 13.4. The Morgan fingerprint density at radius 1 is 1.10 bits per heavy atom. The summed E-state index contributed by atoms with van der Waals surface area (Å²) in [5, 5.41) is 3.23.